The van der Waals surface area contributed by atoms with Crippen molar-refractivity contribution in [2.75, 3.05) is 26.2 Å². The smallest absolute Gasteiger partial charge is 0.326 e. The van der Waals surface area contributed by atoms with Gasteiger partial charge in [-0.1, -0.05) is 64.4 Å². The van der Waals surface area contributed by atoms with Crippen molar-refractivity contribution in [1.29, 1.82) is 0 Å². The summed E-state index contributed by atoms with van der Waals surface area (Å²) in [6.45, 7) is 8.83. The van der Waals surface area contributed by atoms with Gasteiger partial charge in [0.1, 0.15) is 54.4 Å². The third-order valence-electron chi connectivity index (χ3n) is 13.8. The van der Waals surface area contributed by atoms with Gasteiger partial charge in [-0.3, -0.25) is 47.9 Å². The lowest BCUT2D eigenvalue weighted by Crippen LogP contribution is -2.62. The van der Waals surface area contributed by atoms with Crippen molar-refractivity contribution < 1.29 is 73.2 Å². The van der Waals surface area contributed by atoms with Crippen molar-refractivity contribution in [3.05, 3.63) is 35.9 Å². The SMILES string of the molecule is CC[C@H](C)[C@H](NC(=O)[C@@H](NC(=O)[C@@H]1CCCN1C(=O)[C@H](C)NC(=O)[C@H](CC(=O)O)NC(=O)[C@@H]1CCCN1C(=O)[C@@H](N)Cc1ccccc1)[C@@H](C)O)C(=O)N[C@@H](CO)C(=O)N1CCC[C@H]1C(=O)N[C@@H](CC(C)C)C(=O)O. The molecule has 4 rings (SSSR count). The van der Waals surface area contributed by atoms with Crippen LogP contribution >= 0.6 is 0 Å². The number of carbonyl (C=O) groups is 11. The van der Waals surface area contributed by atoms with E-state index in [0.717, 1.165) is 15.4 Å². The van der Waals surface area contributed by atoms with E-state index in [4.69, 9.17) is 5.73 Å². The number of aliphatic hydroxyl groups is 2. The largest absolute Gasteiger partial charge is 0.481 e. The van der Waals surface area contributed by atoms with Gasteiger partial charge in [0.25, 0.3) is 0 Å². The highest BCUT2D eigenvalue weighted by molar-refractivity contribution is 5.99. The number of rotatable bonds is 26. The molecule has 0 unspecified atom stereocenters. The summed E-state index contributed by atoms with van der Waals surface area (Å²) in [6.07, 6.45) is -0.114. The molecule has 1 aromatic rings. The van der Waals surface area contributed by atoms with E-state index in [9.17, 15) is 73.2 Å². The van der Waals surface area contributed by atoms with E-state index >= 15 is 0 Å². The maximum atomic E-state index is 13.9. The maximum absolute atomic E-state index is 13.9. The molecule has 0 saturated carbocycles. The molecule has 1 aromatic carbocycles. The first-order valence-electron chi connectivity index (χ1n) is 25.7. The van der Waals surface area contributed by atoms with Gasteiger partial charge in [0.15, 0.2) is 0 Å². The molecule has 12 atom stereocenters. The number of nitrogens with one attached hydrogen (secondary N) is 6. The summed E-state index contributed by atoms with van der Waals surface area (Å²) < 4.78 is 0. The van der Waals surface area contributed by atoms with Crippen LogP contribution < -0.4 is 37.6 Å². The first-order chi connectivity index (χ1) is 35.4. The van der Waals surface area contributed by atoms with Crippen molar-refractivity contribution in [1.82, 2.24) is 46.6 Å². The maximum Gasteiger partial charge on any atom is 0.326 e. The number of carboxylic acid groups (broad SMARTS) is 2. The number of carboxylic acids is 2. The summed E-state index contributed by atoms with van der Waals surface area (Å²) >= 11 is 0. The van der Waals surface area contributed by atoms with E-state index < -0.39 is 151 Å². The van der Waals surface area contributed by atoms with Crippen LogP contribution in [0.2, 0.25) is 0 Å². The summed E-state index contributed by atoms with van der Waals surface area (Å²) in [5, 5.41) is 55.2. The van der Waals surface area contributed by atoms with Gasteiger partial charge in [-0.2, -0.15) is 0 Å². The zero-order valence-corrected chi connectivity index (χ0v) is 43.5. The summed E-state index contributed by atoms with van der Waals surface area (Å²) in [6, 6.07) is -4.18. The molecule has 3 heterocycles. The number of nitrogens with zero attached hydrogens (tertiary/aromatic N) is 3. The van der Waals surface area contributed by atoms with Crippen LogP contribution in [-0.2, 0) is 59.2 Å². The predicted octanol–water partition coefficient (Wildman–Crippen LogP) is -2.52. The Morgan fingerprint density at radius 3 is 1.59 bits per heavy atom. The van der Waals surface area contributed by atoms with Gasteiger partial charge in [0.2, 0.25) is 53.2 Å². The Balaban J connectivity index is 1.39. The van der Waals surface area contributed by atoms with Crippen LogP contribution in [0.4, 0.5) is 0 Å². The topological polar surface area (TPSA) is 377 Å². The third-order valence-corrected chi connectivity index (χ3v) is 13.8. The zero-order valence-electron chi connectivity index (χ0n) is 43.5. The first kappa shape index (κ1) is 60.8. The Labute approximate surface area is 435 Å². The van der Waals surface area contributed by atoms with Crippen molar-refractivity contribution >= 4 is 65.1 Å². The van der Waals surface area contributed by atoms with Gasteiger partial charge in [-0.05, 0) is 82.6 Å². The quantitative estimate of drug-likeness (QED) is 0.0456. The average Bonchev–Trinajstić information content (AvgIpc) is 4.17. The minimum atomic E-state index is -1.69. The van der Waals surface area contributed by atoms with Crippen molar-refractivity contribution in [3.8, 4) is 0 Å². The summed E-state index contributed by atoms with van der Waals surface area (Å²) in [4.78, 5) is 150. The van der Waals surface area contributed by atoms with Gasteiger partial charge in [0, 0.05) is 19.6 Å². The molecule has 3 aliphatic heterocycles. The Hall–Kier alpha value is -6.73. The van der Waals surface area contributed by atoms with Crippen molar-refractivity contribution in [2.24, 2.45) is 17.6 Å². The summed E-state index contributed by atoms with van der Waals surface area (Å²) in [5.41, 5.74) is 7.04. The molecule has 0 spiro atoms. The average molecular weight is 1060 g/mol. The summed E-state index contributed by atoms with van der Waals surface area (Å²) in [7, 11) is 0. The fourth-order valence-corrected chi connectivity index (χ4v) is 9.56. The minimum absolute atomic E-state index is 0.0285. The number of aliphatic hydroxyl groups excluding tert-OH is 2. The molecule has 3 aliphatic rings. The van der Waals surface area contributed by atoms with Crippen LogP contribution in [0.1, 0.15) is 105 Å². The first-order valence-corrected chi connectivity index (χ1v) is 25.7. The standard InChI is InChI=1S/C50H76N10O15/c1-7-27(4)39(45(69)55-34(25-61)49(73)60-21-13-17-36(60)43(67)54-33(50(74)75)22-26(2)3)56-46(70)40(29(6)62)57-44(68)37-18-11-19-58(37)47(71)28(5)52-41(65)32(24-38(63)64)53-42(66)35-16-12-20-59(35)48(72)31(51)23-30-14-9-8-10-15-30/h8-10,14-15,26-29,31-37,39-40,61-62H,7,11-13,16-25,51H2,1-6H3,(H,52,65)(H,53,66)(H,54,67)(H,55,69)(H,56,70)(H,57,68)(H,63,64)(H,74,75)/t27-,28-,29+,31-,32-,33-,34-,35-,36-,37-,39-,40-/m0/s1. The van der Waals surface area contributed by atoms with E-state index in [1.807, 2.05) is 18.2 Å². The Morgan fingerprint density at radius 2 is 1.11 bits per heavy atom. The number of benzene rings is 1. The van der Waals surface area contributed by atoms with Crippen molar-refractivity contribution in [2.45, 2.75) is 172 Å². The van der Waals surface area contributed by atoms with E-state index in [1.54, 1.807) is 39.8 Å². The number of nitrogens with two attached hydrogens (primary N) is 1. The number of hydrogen-bond acceptors (Lipinski definition) is 14. The molecule has 9 amide bonds. The molecule has 75 heavy (non-hydrogen) atoms. The highest BCUT2D eigenvalue weighted by Gasteiger charge is 2.43. The fourth-order valence-electron chi connectivity index (χ4n) is 9.56. The van der Waals surface area contributed by atoms with E-state index in [2.05, 4.69) is 31.9 Å². The molecule has 0 aliphatic carbocycles. The lowest BCUT2D eigenvalue weighted by molar-refractivity contribution is -0.145. The zero-order chi connectivity index (χ0) is 55.8. The molecule has 25 nitrogen and oxygen atoms in total. The van der Waals surface area contributed by atoms with Gasteiger partial charge < -0.3 is 72.8 Å². The van der Waals surface area contributed by atoms with Crippen molar-refractivity contribution in [3.63, 3.8) is 0 Å². The number of carbonyl (C=O) groups excluding carboxylic acids is 9. The van der Waals surface area contributed by atoms with Crippen LogP contribution in [0.5, 0.6) is 0 Å². The van der Waals surface area contributed by atoms with E-state index in [0.29, 0.717) is 25.7 Å². The van der Waals surface area contributed by atoms with Crippen LogP contribution in [0, 0.1) is 11.8 Å². The van der Waals surface area contributed by atoms with Crippen LogP contribution in [0.25, 0.3) is 0 Å². The molecule has 3 fully saturated rings. The van der Waals surface area contributed by atoms with Gasteiger partial charge in [0.05, 0.1) is 25.2 Å². The highest BCUT2D eigenvalue weighted by atomic mass is 16.4. The Kier molecular flexibility index (Phi) is 22.9. The lowest BCUT2D eigenvalue weighted by atomic mass is 9.97. The number of hydrogen-bond donors (Lipinski definition) is 11. The Morgan fingerprint density at radius 1 is 0.613 bits per heavy atom. The second kappa shape index (κ2) is 28.2. The lowest BCUT2D eigenvalue weighted by Gasteiger charge is -2.32. The second-order valence-corrected chi connectivity index (χ2v) is 20.1. The molecule has 3 saturated heterocycles. The third kappa shape index (κ3) is 16.6. The number of likely N-dealkylation sites (tertiary alicyclic amines) is 3. The van der Waals surface area contributed by atoms with E-state index in [1.165, 1.54) is 18.7 Å². The molecule has 0 aromatic heterocycles. The number of aliphatic carboxylic acids is 2. The molecule has 0 bridgehead atoms. The second-order valence-electron chi connectivity index (χ2n) is 20.1. The van der Waals surface area contributed by atoms with Crippen LogP contribution in [-0.4, -0.2) is 193 Å². The van der Waals surface area contributed by atoms with Crippen LogP contribution in [0.3, 0.4) is 0 Å². The van der Waals surface area contributed by atoms with E-state index in [-0.39, 0.29) is 57.7 Å². The molecule has 12 N–H and O–H groups in total. The van der Waals surface area contributed by atoms with Crippen LogP contribution in [0.15, 0.2) is 30.3 Å². The highest BCUT2D eigenvalue weighted by Crippen LogP contribution is 2.23. The van der Waals surface area contributed by atoms with Gasteiger partial charge in [-0.25, -0.2) is 4.79 Å². The van der Waals surface area contributed by atoms with Gasteiger partial charge >= 0.3 is 11.9 Å². The van der Waals surface area contributed by atoms with Gasteiger partial charge in [-0.15, -0.1) is 0 Å². The predicted molar refractivity (Wildman–Crippen MR) is 267 cm³/mol. The molecular weight excluding hydrogens is 981 g/mol. The molecular formula is C50H76N10O15. The number of amides is 9. The molecule has 0 radical (unpaired) electrons. The monoisotopic (exact) mass is 1060 g/mol. The molecule has 25 heteroatoms. The Bertz CT molecular complexity index is 2230. The minimum Gasteiger partial charge on any atom is -0.481 e. The summed E-state index contributed by atoms with van der Waals surface area (Å²) in [5.74, 6) is -10.8. The normalized spacial score (nSPS) is 21.0. The molecule has 416 valence electrons. The fraction of sp³-hybridized carbons (Fsp3) is 0.660.